The van der Waals surface area contributed by atoms with E-state index in [2.05, 4.69) is 9.98 Å². The number of nitrogen functional groups attached to an aromatic ring is 1. The van der Waals surface area contributed by atoms with Crippen molar-refractivity contribution < 1.29 is 4.21 Å². The number of aliphatic imine (C=N–C) groups is 1. The summed E-state index contributed by atoms with van der Waals surface area (Å²) in [5.41, 5.74) is 13.0. The molecule has 1 aromatic carbocycles. The van der Waals surface area contributed by atoms with Gasteiger partial charge in [-0.05, 0) is 18.2 Å². The summed E-state index contributed by atoms with van der Waals surface area (Å²) < 4.78 is 12.1. The van der Waals surface area contributed by atoms with Crippen molar-refractivity contribution in [1.82, 2.24) is 4.98 Å². The lowest BCUT2D eigenvalue weighted by Crippen LogP contribution is -2.16. The Balaban J connectivity index is 2.41. The summed E-state index contributed by atoms with van der Waals surface area (Å²) in [5.74, 6) is 0.278. The van der Waals surface area contributed by atoms with Gasteiger partial charge in [-0.3, -0.25) is 4.21 Å². The van der Waals surface area contributed by atoms with Crippen molar-refractivity contribution in [3.05, 3.63) is 35.3 Å². The third-order valence-corrected chi connectivity index (χ3v) is 4.84. The molecule has 106 valence electrons. The monoisotopic (exact) mass is 308 g/mol. The number of thiazole rings is 1. The summed E-state index contributed by atoms with van der Waals surface area (Å²) in [6.45, 7) is 3.80. The smallest absolute Gasteiger partial charge is 0.211 e. The summed E-state index contributed by atoms with van der Waals surface area (Å²) in [5, 5.41) is 2.42. The summed E-state index contributed by atoms with van der Waals surface area (Å²) >= 11 is 1.39. The molecule has 7 heteroatoms. The molecule has 4 N–H and O–H groups in total. The molecule has 0 aliphatic rings. The minimum atomic E-state index is -1.09. The molecule has 1 atom stereocenters. The van der Waals surface area contributed by atoms with E-state index in [0.717, 1.165) is 0 Å². The lowest BCUT2D eigenvalue weighted by atomic mass is 10.1. The molecule has 20 heavy (non-hydrogen) atoms. The fourth-order valence-corrected chi connectivity index (χ4v) is 3.09. The molecule has 0 radical (unpaired) electrons. The maximum Gasteiger partial charge on any atom is 0.211 e. The maximum atomic E-state index is 12.1. The average molecular weight is 308 g/mol. The molecule has 2 rings (SSSR count). The second kappa shape index (κ2) is 6.15. The van der Waals surface area contributed by atoms with E-state index in [1.54, 1.807) is 24.4 Å². The Bertz CT molecular complexity index is 650. The van der Waals surface area contributed by atoms with Crippen molar-refractivity contribution in [2.45, 2.75) is 24.0 Å². The molecule has 0 amide bonds. The van der Waals surface area contributed by atoms with E-state index in [1.807, 2.05) is 19.2 Å². The van der Waals surface area contributed by atoms with Gasteiger partial charge in [0.2, 0.25) is 5.13 Å². The highest BCUT2D eigenvalue weighted by Gasteiger charge is 2.12. The van der Waals surface area contributed by atoms with E-state index in [0.29, 0.717) is 21.3 Å². The number of nitrogens with two attached hydrogens (primary N) is 2. The zero-order chi connectivity index (χ0) is 14.7. The SMILES string of the molecule is CC(C)S(=O)c1ccc(N)c(/C(N)=N/c2nccs2)c1. The Hall–Kier alpha value is -1.73. The standard InChI is InChI=1S/C13H16N4OS2/c1-8(2)20(18)9-3-4-11(14)10(7-9)12(15)17-13-16-5-6-19-13/h3-8H,14H2,1-2H3,(H2,15,16,17). The van der Waals surface area contributed by atoms with Crippen LogP contribution in [0.15, 0.2) is 39.7 Å². The first-order chi connectivity index (χ1) is 9.49. The molecule has 5 nitrogen and oxygen atoms in total. The van der Waals surface area contributed by atoms with Crippen molar-refractivity contribution in [3.8, 4) is 0 Å². The first-order valence-electron chi connectivity index (χ1n) is 6.03. The number of aromatic nitrogens is 1. The molecule has 0 saturated carbocycles. The fourth-order valence-electron chi connectivity index (χ4n) is 1.59. The lowest BCUT2D eigenvalue weighted by molar-refractivity contribution is 0.677. The molecule has 1 aromatic heterocycles. The summed E-state index contributed by atoms with van der Waals surface area (Å²) in [4.78, 5) is 8.96. The molecule has 1 unspecified atom stereocenters. The molecular formula is C13H16N4OS2. The van der Waals surface area contributed by atoms with Crippen molar-refractivity contribution in [3.63, 3.8) is 0 Å². The van der Waals surface area contributed by atoms with Crippen molar-refractivity contribution in [2.24, 2.45) is 10.7 Å². The van der Waals surface area contributed by atoms with E-state index in [9.17, 15) is 4.21 Å². The number of nitrogens with zero attached hydrogens (tertiary/aromatic N) is 2. The minimum absolute atomic E-state index is 0.0311. The van der Waals surface area contributed by atoms with Crippen LogP contribution >= 0.6 is 11.3 Å². The van der Waals surface area contributed by atoms with Gasteiger partial charge in [0.25, 0.3) is 0 Å². The van der Waals surface area contributed by atoms with Gasteiger partial charge in [-0.2, -0.15) is 0 Å². The van der Waals surface area contributed by atoms with Crippen LogP contribution in [0.5, 0.6) is 0 Å². The number of anilines is 1. The van der Waals surface area contributed by atoms with Gasteiger partial charge in [0.05, 0.1) is 10.8 Å². The molecule has 0 bridgehead atoms. The van der Waals surface area contributed by atoms with Gasteiger partial charge in [0, 0.05) is 33.0 Å². The van der Waals surface area contributed by atoms with E-state index in [1.165, 1.54) is 11.3 Å². The van der Waals surface area contributed by atoms with Gasteiger partial charge in [-0.25, -0.2) is 9.98 Å². The quantitative estimate of drug-likeness (QED) is 0.514. The largest absolute Gasteiger partial charge is 0.398 e. The van der Waals surface area contributed by atoms with E-state index in [-0.39, 0.29) is 11.1 Å². The van der Waals surface area contributed by atoms with Gasteiger partial charge < -0.3 is 11.5 Å². The topological polar surface area (TPSA) is 94.4 Å². The number of hydrogen-bond acceptors (Lipinski definition) is 5. The van der Waals surface area contributed by atoms with Crippen LogP contribution in [-0.2, 0) is 10.8 Å². The van der Waals surface area contributed by atoms with Crippen LogP contribution < -0.4 is 11.5 Å². The second-order valence-electron chi connectivity index (χ2n) is 4.41. The predicted octanol–water partition coefficient (Wildman–Crippen LogP) is 2.28. The van der Waals surface area contributed by atoms with Crippen LogP contribution in [0.2, 0.25) is 0 Å². The summed E-state index contributed by atoms with van der Waals surface area (Å²) in [6, 6.07) is 5.19. The van der Waals surface area contributed by atoms with Crippen LogP contribution in [-0.4, -0.2) is 20.3 Å². The van der Waals surface area contributed by atoms with Crippen LogP contribution in [0.25, 0.3) is 0 Å². The van der Waals surface area contributed by atoms with Crippen LogP contribution in [0.3, 0.4) is 0 Å². The van der Waals surface area contributed by atoms with Crippen LogP contribution in [0, 0.1) is 0 Å². The summed E-state index contributed by atoms with van der Waals surface area (Å²) in [6.07, 6.45) is 1.66. The highest BCUT2D eigenvalue weighted by molar-refractivity contribution is 7.85. The van der Waals surface area contributed by atoms with Crippen LogP contribution in [0.4, 0.5) is 10.8 Å². The zero-order valence-electron chi connectivity index (χ0n) is 11.2. The van der Waals surface area contributed by atoms with E-state index < -0.39 is 10.8 Å². The first-order valence-corrected chi connectivity index (χ1v) is 8.12. The predicted molar refractivity (Wildman–Crippen MR) is 84.9 cm³/mol. The normalized spacial score (nSPS) is 13.7. The Labute approximate surface area is 124 Å². The van der Waals surface area contributed by atoms with Gasteiger partial charge in [-0.1, -0.05) is 13.8 Å². The van der Waals surface area contributed by atoms with E-state index in [4.69, 9.17) is 11.5 Å². The molecule has 1 heterocycles. The molecule has 2 aromatic rings. The van der Waals surface area contributed by atoms with Crippen LogP contribution in [0.1, 0.15) is 19.4 Å². The number of hydrogen-bond donors (Lipinski definition) is 2. The Morgan fingerprint density at radius 3 is 2.80 bits per heavy atom. The molecule has 0 spiro atoms. The molecule has 0 aliphatic carbocycles. The fraction of sp³-hybridized carbons (Fsp3) is 0.231. The Kier molecular flexibility index (Phi) is 4.51. The second-order valence-corrected chi connectivity index (χ2v) is 7.29. The summed E-state index contributed by atoms with van der Waals surface area (Å²) in [7, 11) is -1.09. The molecule has 0 fully saturated rings. The zero-order valence-corrected chi connectivity index (χ0v) is 12.9. The Morgan fingerprint density at radius 1 is 1.45 bits per heavy atom. The van der Waals surface area contributed by atoms with Gasteiger partial charge in [0.1, 0.15) is 5.84 Å². The third-order valence-electron chi connectivity index (χ3n) is 2.60. The average Bonchev–Trinajstić information content (AvgIpc) is 2.91. The molecular weight excluding hydrogens is 292 g/mol. The highest BCUT2D eigenvalue weighted by atomic mass is 32.2. The lowest BCUT2D eigenvalue weighted by Gasteiger charge is -2.10. The maximum absolute atomic E-state index is 12.1. The third kappa shape index (κ3) is 3.23. The minimum Gasteiger partial charge on any atom is -0.398 e. The van der Waals surface area contributed by atoms with Crippen molar-refractivity contribution in [1.29, 1.82) is 0 Å². The van der Waals surface area contributed by atoms with Gasteiger partial charge in [-0.15, -0.1) is 11.3 Å². The Morgan fingerprint density at radius 2 is 2.20 bits per heavy atom. The molecule has 0 saturated heterocycles. The van der Waals surface area contributed by atoms with Crippen molar-refractivity contribution >= 4 is 38.8 Å². The molecule has 0 aliphatic heterocycles. The highest BCUT2D eigenvalue weighted by Crippen LogP contribution is 2.21. The van der Waals surface area contributed by atoms with Crippen molar-refractivity contribution in [2.75, 3.05) is 5.73 Å². The number of rotatable bonds is 4. The number of amidine groups is 1. The van der Waals surface area contributed by atoms with E-state index >= 15 is 0 Å². The van der Waals surface area contributed by atoms with Gasteiger partial charge in [0.15, 0.2) is 0 Å². The van der Waals surface area contributed by atoms with Gasteiger partial charge >= 0.3 is 0 Å². The number of benzene rings is 1. The first kappa shape index (κ1) is 14.7.